The van der Waals surface area contributed by atoms with Crippen molar-refractivity contribution >= 4 is 34.2 Å². The fraction of sp³-hybridized carbons (Fsp3) is 0.321. The molecule has 0 spiro atoms. The summed E-state index contributed by atoms with van der Waals surface area (Å²) in [6, 6.07) is 18.6. The van der Waals surface area contributed by atoms with Crippen molar-refractivity contribution in [1.29, 1.82) is 0 Å². The van der Waals surface area contributed by atoms with E-state index in [4.69, 9.17) is 0 Å². The predicted octanol–water partition coefficient (Wildman–Crippen LogP) is 4.44. The van der Waals surface area contributed by atoms with Crippen LogP contribution in [0, 0.1) is 6.92 Å². The average molecular weight is 458 g/mol. The first-order chi connectivity index (χ1) is 16.3. The first-order valence-corrected chi connectivity index (χ1v) is 11.8. The number of anilines is 1. The third-order valence-electron chi connectivity index (χ3n) is 6.58. The van der Waals surface area contributed by atoms with Crippen molar-refractivity contribution in [2.45, 2.75) is 52.7 Å². The molecule has 176 valence electrons. The molecule has 1 aliphatic rings. The van der Waals surface area contributed by atoms with E-state index in [1.807, 2.05) is 75.4 Å². The lowest BCUT2D eigenvalue weighted by molar-refractivity contribution is -0.139. The smallest absolute Gasteiger partial charge is 0.259 e. The molecule has 3 amide bonds. The van der Waals surface area contributed by atoms with Gasteiger partial charge in [0.25, 0.3) is 5.91 Å². The van der Waals surface area contributed by atoms with Gasteiger partial charge in [0.2, 0.25) is 11.8 Å². The van der Waals surface area contributed by atoms with E-state index >= 15 is 0 Å². The highest BCUT2D eigenvalue weighted by molar-refractivity contribution is 6.26. The predicted molar refractivity (Wildman–Crippen MR) is 135 cm³/mol. The molecule has 0 aliphatic carbocycles. The van der Waals surface area contributed by atoms with Gasteiger partial charge in [-0.1, -0.05) is 61.0 Å². The van der Waals surface area contributed by atoms with E-state index in [1.54, 1.807) is 17.9 Å². The third-order valence-corrected chi connectivity index (χ3v) is 6.58. The molecule has 1 N–H and O–H groups in total. The molecule has 0 fully saturated rings. The summed E-state index contributed by atoms with van der Waals surface area (Å²) in [5.41, 5.74) is 3.39. The van der Waals surface area contributed by atoms with Gasteiger partial charge in [0.1, 0.15) is 12.6 Å². The Kier molecular flexibility index (Phi) is 6.68. The quantitative estimate of drug-likeness (QED) is 0.544. The van der Waals surface area contributed by atoms with Crippen LogP contribution >= 0.6 is 0 Å². The molecule has 2 atom stereocenters. The van der Waals surface area contributed by atoms with E-state index in [2.05, 4.69) is 5.32 Å². The molecule has 0 bridgehead atoms. The number of aryl methyl sites for hydroxylation is 1. The summed E-state index contributed by atoms with van der Waals surface area (Å²) in [4.78, 5) is 42.9. The molecule has 6 heteroatoms. The Morgan fingerprint density at radius 2 is 1.68 bits per heavy atom. The highest BCUT2D eigenvalue weighted by Crippen LogP contribution is 2.37. The van der Waals surface area contributed by atoms with Gasteiger partial charge in [-0.25, -0.2) is 0 Å². The van der Waals surface area contributed by atoms with Gasteiger partial charge in [0.05, 0.1) is 5.69 Å². The van der Waals surface area contributed by atoms with E-state index in [0.717, 1.165) is 34.0 Å². The van der Waals surface area contributed by atoms with Crippen LogP contribution in [0.2, 0.25) is 0 Å². The van der Waals surface area contributed by atoms with Crippen LogP contribution in [-0.2, 0) is 16.1 Å². The second-order valence-electron chi connectivity index (χ2n) is 9.07. The minimum Gasteiger partial charge on any atom is -0.352 e. The van der Waals surface area contributed by atoms with E-state index in [1.165, 1.54) is 4.90 Å². The van der Waals surface area contributed by atoms with Crippen LogP contribution in [0.5, 0.6) is 0 Å². The molecule has 3 aromatic rings. The first-order valence-electron chi connectivity index (χ1n) is 11.8. The number of nitrogens with one attached hydrogen (secondary N) is 1. The number of hydrogen-bond acceptors (Lipinski definition) is 3. The number of nitrogens with zero attached hydrogens (tertiary/aromatic N) is 2. The highest BCUT2D eigenvalue weighted by atomic mass is 16.2. The van der Waals surface area contributed by atoms with Crippen LogP contribution in [0.15, 0.2) is 60.7 Å². The topological polar surface area (TPSA) is 69.7 Å². The molecule has 34 heavy (non-hydrogen) atoms. The molecule has 0 saturated heterocycles. The zero-order valence-corrected chi connectivity index (χ0v) is 20.2. The normalized spacial score (nSPS) is 14.2. The van der Waals surface area contributed by atoms with Crippen LogP contribution in [-0.4, -0.2) is 41.2 Å². The minimum absolute atomic E-state index is 0.0125. The van der Waals surface area contributed by atoms with Gasteiger partial charge in [-0.3, -0.25) is 19.3 Å². The second-order valence-corrected chi connectivity index (χ2v) is 9.07. The van der Waals surface area contributed by atoms with Gasteiger partial charge in [-0.15, -0.1) is 0 Å². The van der Waals surface area contributed by atoms with Gasteiger partial charge >= 0.3 is 0 Å². The Labute approximate surface area is 200 Å². The minimum atomic E-state index is -0.682. The summed E-state index contributed by atoms with van der Waals surface area (Å²) < 4.78 is 0. The maximum absolute atomic E-state index is 13.6. The molecule has 4 rings (SSSR count). The van der Waals surface area contributed by atoms with Crippen molar-refractivity contribution in [3.05, 3.63) is 77.4 Å². The number of hydrogen-bond donors (Lipinski definition) is 1. The van der Waals surface area contributed by atoms with E-state index in [9.17, 15) is 14.4 Å². The molecule has 0 aromatic heterocycles. The van der Waals surface area contributed by atoms with Crippen molar-refractivity contribution in [3.63, 3.8) is 0 Å². The highest BCUT2D eigenvalue weighted by Gasteiger charge is 2.34. The third kappa shape index (κ3) is 4.53. The van der Waals surface area contributed by atoms with Crippen LogP contribution in [0.1, 0.15) is 48.7 Å². The zero-order chi connectivity index (χ0) is 24.4. The number of amides is 3. The summed E-state index contributed by atoms with van der Waals surface area (Å²) in [6.45, 7) is 7.85. The Balaban J connectivity index is 1.61. The van der Waals surface area contributed by atoms with Crippen LogP contribution < -0.4 is 10.2 Å². The monoisotopic (exact) mass is 457 g/mol. The van der Waals surface area contributed by atoms with Crippen LogP contribution in [0.3, 0.4) is 0 Å². The maximum Gasteiger partial charge on any atom is 0.259 e. The summed E-state index contributed by atoms with van der Waals surface area (Å²) in [5, 5.41) is 4.82. The van der Waals surface area contributed by atoms with Crippen molar-refractivity contribution < 1.29 is 14.4 Å². The molecule has 0 saturated carbocycles. The van der Waals surface area contributed by atoms with Crippen LogP contribution in [0.25, 0.3) is 10.8 Å². The Hall–Kier alpha value is -3.67. The lowest BCUT2D eigenvalue weighted by Gasteiger charge is -2.31. The molecular formula is C28H31N3O3. The largest absolute Gasteiger partial charge is 0.352 e. The van der Waals surface area contributed by atoms with Gasteiger partial charge in [0.15, 0.2) is 0 Å². The van der Waals surface area contributed by atoms with Crippen LogP contribution in [0.4, 0.5) is 5.69 Å². The van der Waals surface area contributed by atoms with Crippen molar-refractivity contribution in [2.24, 2.45) is 0 Å². The number of carbonyl (C=O) groups is 3. The molecule has 1 heterocycles. The molecule has 6 nitrogen and oxygen atoms in total. The summed E-state index contributed by atoms with van der Waals surface area (Å²) in [5.74, 6) is -0.661. The van der Waals surface area contributed by atoms with E-state index in [-0.39, 0.29) is 36.9 Å². The lowest BCUT2D eigenvalue weighted by atomic mass is 10.1. The zero-order valence-electron chi connectivity index (χ0n) is 20.2. The molecule has 0 radical (unpaired) electrons. The number of carbonyl (C=O) groups excluding carboxylic acids is 3. The SMILES string of the molecule is CC[C@H](C)NC(=O)[C@H](C)N(Cc1ccc(C)cc1)C(=O)CN1C(=O)c2cccc3cccc1c23. The summed E-state index contributed by atoms with van der Waals surface area (Å²) >= 11 is 0. The Bertz CT molecular complexity index is 1230. The lowest BCUT2D eigenvalue weighted by Crippen LogP contribution is -2.52. The van der Waals surface area contributed by atoms with E-state index < -0.39 is 6.04 Å². The van der Waals surface area contributed by atoms with Gasteiger partial charge in [0, 0.05) is 23.5 Å². The van der Waals surface area contributed by atoms with Gasteiger partial charge in [-0.05, 0) is 50.3 Å². The molecule has 1 aliphatic heterocycles. The fourth-order valence-corrected chi connectivity index (χ4v) is 4.30. The number of rotatable bonds is 8. The first kappa shape index (κ1) is 23.5. The molecule has 3 aromatic carbocycles. The van der Waals surface area contributed by atoms with Gasteiger partial charge < -0.3 is 10.2 Å². The summed E-state index contributed by atoms with van der Waals surface area (Å²) in [7, 11) is 0. The van der Waals surface area contributed by atoms with E-state index in [0.29, 0.717) is 5.56 Å². The Morgan fingerprint density at radius 3 is 2.35 bits per heavy atom. The standard InChI is InChI=1S/C28H31N3O3/c1-5-19(3)29-27(33)20(4)30(16-21-14-12-18(2)13-15-21)25(32)17-31-24-11-7-9-22-8-6-10-23(26(22)24)28(31)34/h6-15,19-20H,5,16-17H2,1-4H3,(H,29,33)/t19-,20-/m0/s1. The summed E-state index contributed by atoms with van der Waals surface area (Å²) in [6.07, 6.45) is 0.801. The number of benzene rings is 3. The second kappa shape index (κ2) is 9.67. The molecular weight excluding hydrogens is 426 g/mol. The van der Waals surface area contributed by atoms with Crippen molar-refractivity contribution in [1.82, 2.24) is 10.2 Å². The van der Waals surface area contributed by atoms with Gasteiger partial charge in [-0.2, -0.15) is 0 Å². The maximum atomic E-state index is 13.6. The fourth-order valence-electron chi connectivity index (χ4n) is 4.30. The Morgan fingerprint density at radius 1 is 1.00 bits per heavy atom. The van der Waals surface area contributed by atoms with Crippen molar-refractivity contribution in [2.75, 3.05) is 11.4 Å². The average Bonchev–Trinajstić information content (AvgIpc) is 3.11. The van der Waals surface area contributed by atoms with Crippen molar-refractivity contribution in [3.8, 4) is 0 Å². The molecule has 0 unspecified atom stereocenters.